The number of likely N-dealkylation sites (tertiary alicyclic amines) is 1. The highest BCUT2D eigenvalue weighted by Crippen LogP contribution is 2.41. The Morgan fingerprint density at radius 3 is 2.37 bits per heavy atom. The van der Waals surface area contributed by atoms with Crippen molar-refractivity contribution >= 4 is 16.3 Å². The molecule has 30 heavy (non-hydrogen) atoms. The fraction of sp³-hybridized carbons (Fsp3) is 0.333. The zero-order chi connectivity index (χ0) is 20.5. The highest BCUT2D eigenvalue weighted by molar-refractivity contribution is 7.17. The van der Waals surface area contributed by atoms with E-state index in [2.05, 4.69) is 69.6 Å². The average molecular weight is 419 g/mol. The van der Waals surface area contributed by atoms with Crippen molar-refractivity contribution in [1.82, 2.24) is 19.5 Å². The van der Waals surface area contributed by atoms with Gasteiger partial charge in [0.1, 0.15) is 5.82 Å². The van der Waals surface area contributed by atoms with E-state index < -0.39 is 0 Å². The first kappa shape index (κ1) is 19.3. The molecule has 154 valence electrons. The lowest BCUT2D eigenvalue weighted by Crippen LogP contribution is -2.37. The van der Waals surface area contributed by atoms with Crippen LogP contribution in [0.3, 0.4) is 0 Å². The lowest BCUT2D eigenvalue weighted by molar-refractivity contribution is 0.150. The summed E-state index contributed by atoms with van der Waals surface area (Å²) in [4.78, 5) is 8.65. The van der Waals surface area contributed by atoms with Gasteiger partial charge in [-0.2, -0.15) is 4.52 Å². The zero-order valence-corrected chi connectivity index (χ0v) is 17.9. The number of aryl methyl sites for hydroxylation is 1. The van der Waals surface area contributed by atoms with Gasteiger partial charge in [0.2, 0.25) is 10.8 Å². The van der Waals surface area contributed by atoms with Crippen LogP contribution >= 0.6 is 11.3 Å². The quantitative estimate of drug-likeness (QED) is 0.503. The van der Waals surface area contributed by atoms with Crippen LogP contribution < -0.4 is 0 Å². The highest BCUT2D eigenvalue weighted by Gasteiger charge is 2.32. The summed E-state index contributed by atoms with van der Waals surface area (Å²) in [7, 11) is 0. The number of aromatic hydroxyl groups is 1. The van der Waals surface area contributed by atoms with Gasteiger partial charge in [-0.1, -0.05) is 72.0 Å². The molecule has 1 fully saturated rings. The van der Waals surface area contributed by atoms with E-state index in [4.69, 9.17) is 0 Å². The van der Waals surface area contributed by atoms with Gasteiger partial charge >= 0.3 is 0 Å². The van der Waals surface area contributed by atoms with Gasteiger partial charge in [-0.15, -0.1) is 5.10 Å². The molecule has 0 radical (unpaired) electrons. The molecule has 0 aliphatic carbocycles. The van der Waals surface area contributed by atoms with Gasteiger partial charge in [-0.3, -0.25) is 4.90 Å². The molecule has 5 nitrogen and oxygen atoms in total. The number of nitrogens with zero attached hydrogens (tertiary/aromatic N) is 4. The Bertz CT molecular complexity index is 1110. The molecule has 2 aromatic heterocycles. The van der Waals surface area contributed by atoms with Crippen molar-refractivity contribution in [3.8, 4) is 5.88 Å². The summed E-state index contributed by atoms with van der Waals surface area (Å²) >= 11 is 1.54. The van der Waals surface area contributed by atoms with E-state index in [1.165, 1.54) is 24.0 Å². The second-order valence-electron chi connectivity index (χ2n) is 8.13. The fourth-order valence-electron chi connectivity index (χ4n) is 4.55. The van der Waals surface area contributed by atoms with Crippen molar-refractivity contribution in [2.24, 2.45) is 5.92 Å². The largest absolute Gasteiger partial charge is 0.492 e. The standard InChI is InChI=1S/C24H26N4OS/c1-17-25-24-28(26-17)23(29)22(30-24)21(20-10-6-3-7-11-20)27-14-12-19(13-15-27)16-18-8-4-2-5-9-18/h2-11,19,21,29H,12-16H2,1H3/t21-/m1/s1. The van der Waals surface area contributed by atoms with Crippen LogP contribution in [-0.2, 0) is 6.42 Å². The molecule has 4 aromatic rings. The maximum absolute atomic E-state index is 11.0. The second kappa shape index (κ2) is 8.20. The normalized spacial score (nSPS) is 16.8. The van der Waals surface area contributed by atoms with Crippen LogP contribution in [0.4, 0.5) is 0 Å². The third-order valence-corrected chi connectivity index (χ3v) is 7.12. The van der Waals surface area contributed by atoms with Gasteiger partial charge in [-0.05, 0) is 56.3 Å². The molecule has 1 N–H and O–H groups in total. The zero-order valence-electron chi connectivity index (χ0n) is 17.1. The summed E-state index contributed by atoms with van der Waals surface area (Å²) < 4.78 is 1.58. The van der Waals surface area contributed by atoms with Gasteiger partial charge in [0.25, 0.3) is 0 Å². The van der Waals surface area contributed by atoms with Crippen LogP contribution in [0.25, 0.3) is 4.96 Å². The predicted octanol–water partition coefficient (Wildman–Crippen LogP) is 4.85. The summed E-state index contributed by atoms with van der Waals surface area (Å²) in [6.07, 6.45) is 3.48. The van der Waals surface area contributed by atoms with Gasteiger partial charge < -0.3 is 5.11 Å². The average Bonchev–Trinajstić information content (AvgIpc) is 3.28. The first-order valence-corrected chi connectivity index (χ1v) is 11.4. The van der Waals surface area contributed by atoms with Crippen LogP contribution in [0.1, 0.15) is 40.7 Å². The Labute approximate surface area is 180 Å². The van der Waals surface area contributed by atoms with Crippen LogP contribution in [-0.4, -0.2) is 37.7 Å². The summed E-state index contributed by atoms with van der Waals surface area (Å²) in [5, 5.41) is 15.3. The van der Waals surface area contributed by atoms with E-state index in [1.54, 1.807) is 15.9 Å². The highest BCUT2D eigenvalue weighted by atomic mass is 32.1. The molecule has 2 aromatic carbocycles. The van der Waals surface area contributed by atoms with Crippen molar-refractivity contribution in [2.45, 2.75) is 32.2 Å². The fourth-order valence-corrected chi connectivity index (χ4v) is 5.71. The van der Waals surface area contributed by atoms with E-state index in [0.29, 0.717) is 11.7 Å². The van der Waals surface area contributed by atoms with Crippen molar-refractivity contribution in [3.05, 3.63) is 82.5 Å². The smallest absolute Gasteiger partial charge is 0.230 e. The number of thiazole rings is 1. The van der Waals surface area contributed by atoms with Crippen LogP contribution in [0.15, 0.2) is 60.7 Å². The van der Waals surface area contributed by atoms with Crippen LogP contribution in [0.5, 0.6) is 5.88 Å². The molecule has 0 spiro atoms. The third kappa shape index (κ3) is 3.73. The number of rotatable bonds is 5. The van der Waals surface area contributed by atoms with Crippen molar-refractivity contribution < 1.29 is 5.11 Å². The molecular formula is C24H26N4OS. The molecule has 1 saturated heterocycles. The molecule has 1 aliphatic heterocycles. The molecular weight excluding hydrogens is 392 g/mol. The maximum atomic E-state index is 11.0. The molecule has 3 heterocycles. The van der Waals surface area contributed by atoms with Crippen molar-refractivity contribution in [1.29, 1.82) is 0 Å². The molecule has 6 heteroatoms. The first-order valence-electron chi connectivity index (χ1n) is 10.6. The molecule has 5 rings (SSSR count). The minimum absolute atomic E-state index is 0.0256. The summed E-state index contributed by atoms with van der Waals surface area (Å²) in [6, 6.07) is 21.3. The van der Waals surface area contributed by atoms with Gasteiger partial charge in [0, 0.05) is 0 Å². The Morgan fingerprint density at radius 2 is 1.70 bits per heavy atom. The molecule has 0 amide bonds. The van der Waals surface area contributed by atoms with Gasteiger partial charge in [0.05, 0.1) is 10.9 Å². The molecule has 0 saturated carbocycles. The first-order chi connectivity index (χ1) is 14.7. The van der Waals surface area contributed by atoms with E-state index in [1.807, 2.05) is 13.0 Å². The monoisotopic (exact) mass is 418 g/mol. The maximum Gasteiger partial charge on any atom is 0.230 e. The van der Waals surface area contributed by atoms with E-state index >= 15 is 0 Å². The number of benzene rings is 2. The summed E-state index contributed by atoms with van der Waals surface area (Å²) in [5.74, 6) is 1.61. The molecule has 1 aliphatic rings. The Balaban J connectivity index is 1.40. The molecule has 0 bridgehead atoms. The topological polar surface area (TPSA) is 53.7 Å². The Hall–Kier alpha value is -2.70. The lowest BCUT2D eigenvalue weighted by atomic mass is 9.89. The lowest BCUT2D eigenvalue weighted by Gasteiger charge is -2.37. The Kier molecular flexibility index (Phi) is 5.27. The van der Waals surface area contributed by atoms with Crippen molar-refractivity contribution in [2.75, 3.05) is 13.1 Å². The third-order valence-electron chi connectivity index (χ3n) is 6.05. The van der Waals surface area contributed by atoms with Crippen molar-refractivity contribution in [3.63, 3.8) is 0 Å². The summed E-state index contributed by atoms with van der Waals surface area (Å²) in [5.41, 5.74) is 2.63. The number of hydrogen-bond donors (Lipinski definition) is 1. The minimum atomic E-state index is 0.0256. The number of piperidine rings is 1. The number of fused-ring (bicyclic) bond motifs is 1. The summed E-state index contributed by atoms with van der Waals surface area (Å²) in [6.45, 7) is 3.89. The van der Waals surface area contributed by atoms with E-state index in [9.17, 15) is 5.11 Å². The van der Waals surface area contributed by atoms with E-state index in [-0.39, 0.29) is 11.9 Å². The Morgan fingerprint density at radius 1 is 1.03 bits per heavy atom. The van der Waals surface area contributed by atoms with Crippen LogP contribution in [0.2, 0.25) is 0 Å². The number of hydrogen-bond acceptors (Lipinski definition) is 5. The SMILES string of the molecule is Cc1nc2sc([C@@H](c3ccccc3)N3CCC(Cc4ccccc4)CC3)c(O)n2n1. The second-order valence-corrected chi connectivity index (χ2v) is 9.13. The molecule has 0 unspecified atom stereocenters. The van der Waals surface area contributed by atoms with Gasteiger partial charge in [0.15, 0.2) is 0 Å². The van der Waals surface area contributed by atoms with Crippen LogP contribution in [0, 0.1) is 12.8 Å². The van der Waals surface area contributed by atoms with E-state index in [0.717, 1.165) is 29.3 Å². The molecule has 1 atom stereocenters. The predicted molar refractivity (Wildman–Crippen MR) is 120 cm³/mol. The van der Waals surface area contributed by atoms with Gasteiger partial charge in [-0.25, -0.2) is 4.98 Å². The minimum Gasteiger partial charge on any atom is -0.492 e. The number of aromatic nitrogens is 3.